The first-order valence-electron chi connectivity index (χ1n) is 6.64. The summed E-state index contributed by atoms with van der Waals surface area (Å²) in [4.78, 5) is 14.5. The molecule has 5 heteroatoms. The molecule has 1 fully saturated rings. The zero-order valence-electron chi connectivity index (χ0n) is 11.4. The molecule has 4 nitrogen and oxygen atoms in total. The fourth-order valence-electron chi connectivity index (χ4n) is 2.50. The number of rotatable bonds is 4. The molecule has 1 heterocycles. The van der Waals surface area contributed by atoms with Crippen LogP contribution in [0.5, 0.6) is 0 Å². The summed E-state index contributed by atoms with van der Waals surface area (Å²) >= 11 is 1.70. The summed E-state index contributed by atoms with van der Waals surface area (Å²) in [6, 6.07) is 4.10. The van der Waals surface area contributed by atoms with Crippen LogP contribution in [0.15, 0.2) is 12.1 Å². The molecule has 19 heavy (non-hydrogen) atoms. The SMILES string of the molecule is CO[C@@H]1C[C@H](C(=O)NCc2ccc(C)s2)CC[C@@H]1O. The molecule has 1 aromatic rings. The molecule has 0 bridgehead atoms. The average Bonchev–Trinajstić information content (AvgIpc) is 2.82. The number of hydrogen-bond donors (Lipinski definition) is 2. The molecule has 3 atom stereocenters. The van der Waals surface area contributed by atoms with E-state index in [2.05, 4.69) is 18.3 Å². The maximum Gasteiger partial charge on any atom is 0.223 e. The predicted molar refractivity (Wildman–Crippen MR) is 75.0 cm³/mol. The Labute approximate surface area is 117 Å². The lowest BCUT2D eigenvalue weighted by atomic mass is 9.84. The van der Waals surface area contributed by atoms with E-state index in [0.29, 0.717) is 19.4 Å². The Bertz CT molecular complexity index is 432. The third-order valence-corrected chi connectivity index (χ3v) is 4.66. The van der Waals surface area contributed by atoms with E-state index in [1.807, 2.05) is 6.07 Å². The molecule has 0 aromatic carbocycles. The van der Waals surface area contributed by atoms with Crippen LogP contribution in [0, 0.1) is 12.8 Å². The first-order chi connectivity index (χ1) is 9.10. The van der Waals surface area contributed by atoms with Crippen molar-refractivity contribution < 1.29 is 14.6 Å². The number of hydrogen-bond acceptors (Lipinski definition) is 4. The molecular weight excluding hydrogens is 262 g/mol. The molecule has 1 amide bonds. The summed E-state index contributed by atoms with van der Waals surface area (Å²) in [6.07, 6.45) is 1.32. The first kappa shape index (κ1) is 14.5. The van der Waals surface area contributed by atoms with Gasteiger partial charge < -0.3 is 15.2 Å². The Kier molecular flexibility index (Phi) is 4.96. The van der Waals surface area contributed by atoms with Crippen molar-refractivity contribution in [3.63, 3.8) is 0 Å². The van der Waals surface area contributed by atoms with E-state index in [9.17, 15) is 9.90 Å². The Morgan fingerprint density at radius 3 is 2.95 bits per heavy atom. The third kappa shape index (κ3) is 3.78. The minimum absolute atomic E-state index is 0.0468. The van der Waals surface area contributed by atoms with Crippen LogP contribution in [0.3, 0.4) is 0 Å². The Balaban J connectivity index is 1.83. The van der Waals surface area contributed by atoms with Gasteiger partial charge in [0.15, 0.2) is 0 Å². The second-order valence-corrected chi connectivity index (χ2v) is 6.45. The van der Waals surface area contributed by atoms with E-state index in [1.165, 1.54) is 9.75 Å². The monoisotopic (exact) mass is 283 g/mol. The molecule has 0 spiro atoms. The molecule has 0 unspecified atom stereocenters. The van der Waals surface area contributed by atoms with Crippen molar-refractivity contribution in [2.75, 3.05) is 7.11 Å². The molecule has 2 rings (SSSR count). The van der Waals surface area contributed by atoms with E-state index in [4.69, 9.17) is 4.74 Å². The van der Waals surface area contributed by atoms with Gasteiger partial charge in [-0.3, -0.25) is 4.79 Å². The fourth-order valence-corrected chi connectivity index (χ4v) is 3.33. The van der Waals surface area contributed by atoms with Gasteiger partial charge in [-0.05, 0) is 38.3 Å². The highest BCUT2D eigenvalue weighted by Crippen LogP contribution is 2.26. The quantitative estimate of drug-likeness (QED) is 0.886. The van der Waals surface area contributed by atoms with E-state index < -0.39 is 6.10 Å². The summed E-state index contributed by atoms with van der Waals surface area (Å²) in [6.45, 7) is 2.65. The van der Waals surface area contributed by atoms with Crippen LogP contribution in [0.1, 0.15) is 29.0 Å². The van der Waals surface area contributed by atoms with Crippen molar-refractivity contribution in [1.82, 2.24) is 5.32 Å². The van der Waals surface area contributed by atoms with Gasteiger partial charge in [-0.2, -0.15) is 0 Å². The molecule has 1 aromatic heterocycles. The zero-order valence-corrected chi connectivity index (χ0v) is 12.2. The zero-order chi connectivity index (χ0) is 13.8. The van der Waals surface area contributed by atoms with E-state index >= 15 is 0 Å². The molecule has 1 aliphatic carbocycles. The molecule has 0 radical (unpaired) electrons. The number of carbonyl (C=O) groups is 1. The van der Waals surface area contributed by atoms with Crippen molar-refractivity contribution >= 4 is 17.2 Å². The Morgan fingerprint density at radius 2 is 2.32 bits per heavy atom. The smallest absolute Gasteiger partial charge is 0.223 e. The van der Waals surface area contributed by atoms with Gasteiger partial charge in [0.05, 0.1) is 18.8 Å². The molecular formula is C14H21NO3S. The van der Waals surface area contributed by atoms with Crippen LogP contribution in [0.4, 0.5) is 0 Å². The van der Waals surface area contributed by atoms with Gasteiger partial charge in [0.2, 0.25) is 5.91 Å². The number of carbonyl (C=O) groups excluding carboxylic acids is 1. The summed E-state index contributed by atoms with van der Waals surface area (Å²) in [7, 11) is 1.59. The van der Waals surface area contributed by atoms with Crippen LogP contribution in [0.25, 0.3) is 0 Å². The first-order valence-corrected chi connectivity index (χ1v) is 7.45. The number of nitrogens with one attached hydrogen (secondary N) is 1. The van der Waals surface area contributed by atoms with Crippen LogP contribution in [0.2, 0.25) is 0 Å². The summed E-state index contributed by atoms with van der Waals surface area (Å²) in [5, 5.41) is 12.7. The molecule has 106 valence electrons. The number of aliphatic hydroxyl groups excluding tert-OH is 1. The number of aryl methyl sites for hydroxylation is 1. The van der Waals surface area contributed by atoms with Crippen molar-refractivity contribution in [3.05, 3.63) is 21.9 Å². The topological polar surface area (TPSA) is 58.6 Å². The van der Waals surface area contributed by atoms with Gasteiger partial charge in [0.1, 0.15) is 0 Å². The van der Waals surface area contributed by atoms with Crippen LogP contribution in [-0.2, 0) is 16.1 Å². The third-order valence-electron chi connectivity index (χ3n) is 3.66. The Hall–Kier alpha value is -0.910. The minimum Gasteiger partial charge on any atom is -0.390 e. The van der Waals surface area contributed by atoms with Crippen molar-refractivity contribution in [2.24, 2.45) is 5.92 Å². The molecule has 1 saturated carbocycles. The van der Waals surface area contributed by atoms with Crippen LogP contribution < -0.4 is 5.32 Å². The summed E-state index contributed by atoms with van der Waals surface area (Å²) in [5.74, 6) is 0.0226. The molecule has 0 aliphatic heterocycles. The summed E-state index contributed by atoms with van der Waals surface area (Å²) < 4.78 is 5.22. The average molecular weight is 283 g/mol. The van der Waals surface area contributed by atoms with Gasteiger partial charge in [-0.15, -0.1) is 11.3 Å². The van der Waals surface area contributed by atoms with Gasteiger partial charge in [0, 0.05) is 22.8 Å². The molecule has 0 saturated heterocycles. The number of methoxy groups -OCH3 is 1. The maximum absolute atomic E-state index is 12.1. The second-order valence-electron chi connectivity index (χ2n) is 5.08. The highest BCUT2D eigenvalue weighted by Gasteiger charge is 2.32. The Morgan fingerprint density at radius 1 is 1.53 bits per heavy atom. The lowest BCUT2D eigenvalue weighted by Gasteiger charge is -2.31. The fraction of sp³-hybridized carbons (Fsp3) is 0.643. The normalized spacial score (nSPS) is 27.2. The van der Waals surface area contributed by atoms with Crippen molar-refractivity contribution in [1.29, 1.82) is 0 Å². The summed E-state index contributed by atoms with van der Waals surface area (Å²) in [5.41, 5.74) is 0. The highest BCUT2D eigenvalue weighted by molar-refractivity contribution is 7.11. The van der Waals surface area contributed by atoms with Crippen LogP contribution in [-0.4, -0.2) is 30.3 Å². The lowest BCUT2D eigenvalue weighted by Crippen LogP contribution is -2.41. The number of ether oxygens (including phenoxy) is 1. The van der Waals surface area contributed by atoms with E-state index in [0.717, 1.165) is 6.42 Å². The largest absolute Gasteiger partial charge is 0.390 e. The number of aliphatic hydroxyl groups is 1. The van der Waals surface area contributed by atoms with Crippen molar-refractivity contribution in [2.45, 2.75) is 44.9 Å². The highest BCUT2D eigenvalue weighted by atomic mass is 32.1. The van der Waals surface area contributed by atoms with E-state index in [-0.39, 0.29) is 17.9 Å². The number of thiophene rings is 1. The molecule has 2 N–H and O–H groups in total. The standard InChI is InChI=1S/C14H21NO3S/c1-9-3-5-11(19-9)8-15-14(17)10-4-6-12(16)13(7-10)18-2/h3,5,10,12-13,16H,4,6-8H2,1-2H3,(H,15,17)/t10-,12+,13-/m1/s1. The predicted octanol–water partition coefficient (Wildman–Crippen LogP) is 1.85. The van der Waals surface area contributed by atoms with Gasteiger partial charge in [0.25, 0.3) is 0 Å². The van der Waals surface area contributed by atoms with Gasteiger partial charge >= 0.3 is 0 Å². The van der Waals surface area contributed by atoms with Crippen molar-refractivity contribution in [3.8, 4) is 0 Å². The number of amides is 1. The molecule has 1 aliphatic rings. The van der Waals surface area contributed by atoms with E-state index in [1.54, 1.807) is 18.4 Å². The second kappa shape index (κ2) is 6.50. The minimum atomic E-state index is -0.436. The van der Waals surface area contributed by atoms with Gasteiger partial charge in [-0.25, -0.2) is 0 Å². The van der Waals surface area contributed by atoms with Gasteiger partial charge in [-0.1, -0.05) is 0 Å². The lowest BCUT2D eigenvalue weighted by molar-refractivity contribution is -0.130. The maximum atomic E-state index is 12.1. The van der Waals surface area contributed by atoms with Crippen LogP contribution >= 0.6 is 11.3 Å².